The van der Waals surface area contributed by atoms with E-state index < -0.39 is 0 Å². The van der Waals surface area contributed by atoms with Crippen LogP contribution in [-0.4, -0.2) is 26.4 Å². The highest BCUT2D eigenvalue weighted by Gasteiger charge is 2.25. The van der Waals surface area contributed by atoms with Crippen molar-refractivity contribution in [3.63, 3.8) is 0 Å². The van der Waals surface area contributed by atoms with E-state index in [1.165, 1.54) is 4.68 Å². The monoisotopic (exact) mass is 245 g/mol. The van der Waals surface area contributed by atoms with E-state index in [4.69, 9.17) is 0 Å². The smallest absolute Gasteiger partial charge is 0.267 e. The Hall–Kier alpha value is -1.62. The van der Waals surface area contributed by atoms with Gasteiger partial charge in [-0.05, 0) is 17.4 Å². The normalized spacial score (nSPS) is 13.4. The standard InChI is InChI=1S/C12H11N3OS/c1-2-17-12-13-10-7-8-5-3-4-6-9(8)11(16)15(10)14-12/h3-6H,2,7H2,1H3. The van der Waals surface area contributed by atoms with Crippen molar-refractivity contribution in [3.05, 3.63) is 41.2 Å². The molecule has 0 atom stereocenters. The second kappa shape index (κ2) is 4.00. The Balaban J connectivity index is 2.07. The van der Waals surface area contributed by atoms with Gasteiger partial charge in [0, 0.05) is 12.0 Å². The molecule has 1 aliphatic rings. The second-order valence-corrected chi connectivity index (χ2v) is 5.03. The zero-order chi connectivity index (χ0) is 11.8. The van der Waals surface area contributed by atoms with Crippen LogP contribution in [0.2, 0.25) is 0 Å². The quantitative estimate of drug-likeness (QED) is 0.648. The maximum absolute atomic E-state index is 12.2. The van der Waals surface area contributed by atoms with Crippen LogP contribution in [0.4, 0.5) is 0 Å². The van der Waals surface area contributed by atoms with E-state index in [0.717, 1.165) is 22.7 Å². The lowest BCUT2D eigenvalue weighted by atomic mass is 10.0. The molecule has 1 aromatic carbocycles. The molecule has 0 fully saturated rings. The van der Waals surface area contributed by atoms with Crippen LogP contribution >= 0.6 is 11.8 Å². The van der Waals surface area contributed by atoms with Crippen molar-refractivity contribution in [2.75, 3.05) is 5.75 Å². The van der Waals surface area contributed by atoms with E-state index in [1.54, 1.807) is 11.8 Å². The Morgan fingerprint density at radius 3 is 3.06 bits per heavy atom. The van der Waals surface area contributed by atoms with E-state index in [2.05, 4.69) is 10.1 Å². The first-order valence-corrected chi connectivity index (χ1v) is 6.49. The topological polar surface area (TPSA) is 47.8 Å². The number of hydrogen-bond donors (Lipinski definition) is 0. The molecule has 0 radical (unpaired) electrons. The predicted octanol–water partition coefficient (Wildman–Crippen LogP) is 1.98. The zero-order valence-electron chi connectivity index (χ0n) is 9.38. The molecular formula is C12H11N3OS. The lowest BCUT2D eigenvalue weighted by Gasteiger charge is -2.14. The summed E-state index contributed by atoms with van der Waals surface area (Å²) in [4.78, 5) is 16.6. The van der Waals surface area contributed by atoms with Gasteiger partial charge in [-0.25, -0.2) is 4.98 Å². The van der Waals surface area contributed by atoms with Crippen molar-refractivity contribution in [2.45, 2.75) is 18.5 Å². The van der Waals surface area contributed by atoms with Crippen molar-refractivity contribution in [2.24, 2.45) is 0 Å². The Morgan fingerprint density at radius 2 is 2.24 bits per heavy atom. The first-order valence-electron chi connectivity index (χ1n) is 5.51. The van der Waals surface area contributed by atoms with Gasteiger partial charge in [0.05, 0.1) is 0 Å². The molecule has 86 valence electrons. The van der Waals surface area contributed by atoms with Gasteiger partial charge in [-0.15, -0.1) is 5.10 Å². The average molecular weight is 245 g/mol. The fraction of sp³-hybridized carbons (Fsp3) is 0.250. The van der Waals surface area contributed by atoms with Crippen LogP contribution in [0.1, 0.15) is 28.7 Å². The largest absolute Gasteiger partial charge is 0.280 e. The molecular weight excluding hydrogens is 234 g/mol. The first-order chi connectivity index (χ1) is 8.29. The van der Waals surface area contributed by atoms with Crippen LogP contribution in [-0.2, 0) is 6.42 Å². The van der Waals surface area contributed by atoms with Gasteiger partial charge in [-0.2, -0.15) is 4.68 Å². The van der Waals surface area contributed by atoms with Gasteiger partial charge >= 0.3 is 0 Å². The van der Waals surface area contributed by atoms with Crippen LogP contribution in [0.3, 0.4) is 0 Å². The van der Waals surface area contributed by atoms with Gasteiger partial charge in [-0.1, -0.05) is 36.9 Å². The van der Waals surface area contributed by atoms with Gasteiger partial charge in [0.1, 0.15) is 5.82 Å². The van der Waals surface area contributed by atoms with Gasteiger partial charge in [0.25, 0.3) is 5.91 Å². The van der Waals surface area contributed by atoms with Gasteiger partial charge < -0.3 is 0 Å². The first kappa shape index (κ1) is 10.5. The highest BCUT2D eigenvalue weighted by atomic mass is 32.2. The number of carbonyl (C=O) groups excluding carboxylic acids is 1. The third-order valence-corrected chi connectivity index (χ3v) is 3.44. The third-order valence-electron chi connectivity index (χ3n) is 2.72. The number of benzene rings is 1. The molecule has 3 rings (SSSR count). The summed E-state index contributed by atoms with van der Waals surface area (Å²) < 4.78 is 1.43. The summed E-state index contributed by atoms with van der Waals surface area (Å²) in [6.07, 6.45) is 0.680. The Bertz CT molecular complexity index is 591. The number of carbonyl (C=O) groups is 1. The molecule has 0 unspecified atom stereocenters. The third kappa shape index (κ3) is 1.67. The van der Waals surface area contributed by atoms with Crippen LogP contribution in [0.5, 0.6) is 0 Å². The van der Waals surface area contributed by atoms with Gasteiger partial charge in [0.15, 0.2) is 0 Å². The van der Waals surface area contributed by atoms with E-state index in [-0.39, 0.29) is 5.91 Å². The van der Waals surface area contributed by atoms with Crippen molar-refractivity contribution < 1.29 is 4.79 Å². The molecule has 0 spiro atoms. The molecule has 0 saturated carbocycles. The summed E-state index contributed by atoms with van der Waals surface area (Å²) in [5, 5.41) is 4.92. The number of fused-ring (bicyclic) bond motifs is 2. The number of rotatable bonds is 2. The highest BCUT2D eigenvalue weighted by Crippen LogP contribution is 2.23. The molecule has 2 heterocycles. The summed E-state index contributed by atoms with van der Waals surface area (Å²) in [7, 11) is 0. The van der Waals surface area contributed by atoms with E-state index in [0.29, 0.717) is 11.6 Å². The fourth-order valence-electron chi connectivity index (χ4n) is 1.96. The maximum atomic E-state index is 12.2. The minimum absolute atomic E-state index is 0.0719. The lowest BCUT2D eigenvalue weighted by molar-refractivity contribution is 0.0934. The zero-order valence-corrected chi connectivity index (χ0v) is 10.2. The maximum Gasteiger partial charge on any atom is 0.280 e. The summed E-state index contributed by atoms with van der Waals surface area (Å²) >= 11 is 1.55. The minimum atomic E-state index is -0.0719. The summed E-state index contributed by atoms with van der Waals surface area (Å²) in [6, 6.07) is 7.63. The molecule has 0 N–H and O–H groups in total. The minimum Gasteiger partial charge on any atom is -0.267 e. The van der Waals surface area contributed by atoms with Crippen LogP contribution < -0.4 is 0 Å². The molecule has 1 aliphatic heterocycles. The van der Waals surface area contributed by atoms with Crippen molar-refractivity contribution >= 4 is 17.7 Å². The number of aromatic nitrogens is 3. The summed E-state index contributed by atoms with van der Waals surface area (Å²) in [5.41, 5.74) is 1.77. The fourth-order valence-corrected chi connectivity index (χ4v) is 2.53. The van der Waals surface area contributed by atoms with E-state index >= 15 is 0 Å². The molecule has 0 aliphatic carbocycles. The average Bonchev–Trinajstić information content (AvgIpc) is 2.73. The van der Waals surface area contributed by atoms with E-state index in [1.807, 2.05) is 31.2 Å². The molecule has 17 heavy (non-hydrogen) atoms. The number of hydrogen-bond acceptors (Lipinski definition) is 4. The highest BCUT2D eigenvalue weighted by molar-refractivity contribution is 7.99. The molecule has 1 aromatic heterocycles. The number of nitrogens with zero attached hydrogens (tertiary/aromatic N) is 3. The van der Waals surface area contributed by atoms with Crippen LogP contribution in [0.15, 0.2) is 29.4 Å². The van der Waals surface area contributed by atoms with E-state index in [9.17, 15) is 4.79 Å². The Morgan fingerprint density at radius 1 is 1.41 bits per heavy atom. The lowest BCUT2D eigenvalue weighted by Crippen LogP contribution is -2.23. The molecule has 0 amide bonds. The predicted molar refractivity (Wildman–Crippen MR) is 65.4 cm³/mol. The van der Waals surface area contributed by atoms with Crippen molar-refractivity contribution in [1.82, 2.24) is 14.8 Å². The Kier molecular flexibility index (Phi) is 2.48. The van der Waals surface area contributed by atoms with Gasteiger partial charge in [-0.3, -0.25) is 4.79 Å². The molecule has 0 bridgehead atoms. The van der Waals surface area contributed by atoms with Crippen LogP contribution in [0, 0.1) is 0 Å². The van der Waals surface area contributed by atoms with Gasteiger partial charge in [0.2, 0.25) is 5.16 Å². The Labute approximate surface area is 103 Å². The number of thioether (sulfide) groups is 1. The molecule has 5 heteroatoms. The summed E-state index contributed by atoms with van der Waals surface area (Å²) in [5.74, 6) is 1.58. The molecule has 4 nitrogen and oxygen atoms in total. The van der Waals surface area contributed by atoms with Crippen molar-refractivity contribution in [3.8, 4) is 0 Å². The van der Waals surface area contributed by atoms with Crippen LogP contribution in [0.25, 0.3) is 0 Å². The van der Waals surface area contributed by atoms with Crippen molar-refractivity contribution in [1.29, 1.82) is 0 Å². The second-order valence-electron chi connectivity index (χ2n) is 3.79. The SMILES string of the molecule is CCSc1nc2n(n1)C(=O)c1ccccc1C2. The molecule has 2 aromatic rings. The molecule has 0 saturated heterocycles. The summed E-state index contributed by atoms with van der Waals surface area (Å²) in [6.45, 7) is 2.04.